The number of hydrogen-bond donors (Lipinski definition) is 1. The molecule has 7 nitrogen and oxygen atoms in total. The van der Waals surface area contributed by atoms with Gasteiger partial charge in [0.2, 0.25) is 0 Å². The van der Waals surface area contributed by atoms with Crippen molar-refractivity contribution in [1.82, 2.24) is 0 Å². The van der Waals surface area contributed by atoms with Crippen LogP contribution in [0.15, 0.2) is 30.3 Å². The van der Waals surface area contributed by atoms with Gasteiger partial charge < -0.3 is 19.5 Å². The zero-order valence-corrected chi connectivity index (χ0v) is 14.1. The lowest BCUT2D eigenvalue weighted by atomic mass is 10.2. The third-order valence-corrected chi connectivity index (χ3v) is 4.19. The van der Waals surface area contributed by atoms with Crippen molar-refractivity contribution in [2.75, 3.05) is 26.6 Å². The number of nitrogens with one attached hydrogen (secondary N) is 1. The van der Waals surface area contributed by atoms with Gasteiger partial charge in [-0.2, -0.15) is 0 Å². The Labute approximate surface area is 142 Å². The number of hydrogen-bond acceptors (Lipinski definition) is 7. The average molecular weight is 349 g/mol. The number of rotatable bonds is 5. The summed E-state index contributed by atoms with van der Waals surface area (Å²) in [5.41, 5.74) is 0.534. The number of carbonyl (C=O) groups is 3. The van der Waals surface area contributed by atoms with Crippen molar-refractivity contribution in [2.45, 2.75) is 0 Å². The van der Waals surface area contributed by atoms with Gasteiger partial charge in [0.05, 0.1) is 37.5 Å². The molecule has 1 amide bonds. The largest absolute Gasteiger partial charge is 0.495 e. The molecule has 0 saturated carbocycles. The molecule has 1 aromatic carbocycles. The molecule has 0 spiro atoms. The predicted octanol–water partition coefficient (Wildman–Crippen LogP) is 2.58. The summed E-state index contributed by atoms with van der Waals surface area (Å²) in [6, 6.07) is 7.89. The Morgan fingerprint density at radius 3 is 2.29 bits per heavy atom. The van der Waals surface area contributed by atoms with Crippen molar-refractivity contribution in [2.24, 2.45) is 0 Å². The van der Waals surface area contributed by atoms with Crippen LogP contribution in [0.1, 0.15) is 29.7 Å². The van der Waals surface area contributed by atoms with Crippen LogP contribution in [0.4, 0.5) is 5.69 Å². The first-order chi connectivity index (χ1) is 11.5. The van der Waals surface area contributed by atoms with Gasteiger partial charge in [-0.3, -0.25) is 4.79 Å². The second-order valence-corrected chi connectivity index (χ2v) is 5.54. The van der Waals surface area contributed by atoms with Gasteiger partial charge in [-0.05, 0) is 12.1 Å². The fourth-order valence-electron chi connectivity index (χ4n) is 1.94. The number of benzene rings is 1. The number of esters is 2. The van der Waals surface area contributed by atoms with Crippen LogP contribution in [-0.2, 0) is 9.47 Å². The molecular weight excluding hydrogens is 334 g/mol. The van der Waals surface area contributed by atoms with Crippen LogP contribution in [0, 0.1) is 0 Å². The molecule has 2 rings (SSSR count). The van der Waals surface area contributed by atoms with E-state index in [1.807, 2.05) is 0 Å². The molecule has 1 heterocycles. The molecule has 1 N–H and O–H groups in total. The summed E-state index contributed by atoms with van der Waals surface area (Å²) >= 11 is 0.936. The van der Waals surface area contributed by atoms with Gasteiger partial charge in [0.25, 0.3) is 5.91 Å². The molecule has 0 aliphatic carbocycles. The van der Waals surface area contributed by atoms with Crippen LogP contribution in [0.25, 0.3) is 0 Å². The highest BCUT2D eigenvalue weighted by atomic mass is 32.1. The molecular formula is C16H15NO6S. The predicted molar refractivity (Wildman–Crippen MR) is 87.9 cm³/mol. The van der Waals surface area contributed by atoms with Gasteiger partial charge in [-0.1, -0.05) is 12.1 Å². The molecule has 1 aromatic heterocycles. The molecule has 0 bridgehead atoms. The van der Waals surface area contributed by atoms with E-state index in [9.17, 15) is 14.4 Å². The molecule has 0 aliphatic heterocycles. The molecule has 2 aromatic rings. The minimum atomic E-state index is -0.592. The maximum Gasteiger partial charge on any atom is 0.351 e. The first kappa shape index (κ1) is 17.5. The summed E-state index contributed by atoms with van der Waals surface area (Å²) in [7, 11) is 3.89. The Morgan fingerprint density at radius 1 is 1.00 bits per heavy atom. The minimum absolute atomic E-state index is 0.186. The standard InChI is InChI=1S/C16H15NO6S/c1-21-11-8-12(24-13(11)16(20)23-3)14(18)17-10-7-5-4-6-9(10)15(19)22-2/h4-8H,1-3H3,(H,17,18). The Morgan fingerprint density at radius 2 is 1.67 bits per heavy atom. The summed E-state index contributed by atoms with van der Waals surface area (Å²) < 4.78 is 14.4. The maximum atomic E-state index is 12.4. The lowest BCUT2D eigenvalue weighted by Crippen LogP contribution is -2.14. The highest BCUT2D eigenvalue weighted by Crippen LogP contribution is 2.30. The number of ether oxygens (including phenoxy) is 3. The third kappa shape index (κ3) is 3.54. The van der Waals surface area contributed by atoms with Gasteiger partial charge in [-0.25, -0.2) is 9.59 Å². The smallest absolute Gasteiger partial charge is 0.351 e. The minimum Gasteiger partial charge on any atom is -0.495 e. The van der Waals surface area contributed by atoms with Crippen molar-refractivity contribution in [3.63, 3.8) is 0 Å². The number of para-hydroxylation sites is 1. The molecule has 0 unspecified atom stereocenters. The van der Waals surface area contributed by atoms with Crippen molar-refractivity contribution in [1.29, 1.82) is 0 Å². The van der Waals surface area contributed by atoms with Crippen molar-refractivity contribution in [3.05, 3.63) is 45.6 Å². The molecule has 0 saturated heterocycles. The second-order valence-electron chi connectivity index (χ2n) is 4.49. The van der Waals surface area contributed by atoms with Gasteiger partial charge in [-0.15, -0.1) is 11.3 Å². The van der Waals surface area contributed by atoms with Crippen LogP contribution in [-0.4, -0.2) is 39.2 Å². The quantitative estimate of drug-likeness (QED) is 0.834. The van der Waals surface area contributed by atoms with Crippen molar-refractivity contribution >= 4 is 34.9 Å². The number of amides is 1. The van der Waals surface area contributed by atoms with E-state index >= 15 is 0 Å². The zero-order valence-electron chi connectivity index (χ0n) is 13.2. The van der Waals surface area contributed by atoms with Gasteiger partial charge in [0, 0.05) is 6.07 Å². The van der Waals surface area contributed by atoms with Crippen molar-refractivity contribution < 1.29 is 28.6 Å². The molecule has 126 valence electrons. The van der Waals surface area contributed by atoms with E-state index < -0.39 is 17.8 Å². The average Bonchev–Trinajstić information content (AvgIpc) is 3.05. The number of methoxy groups -OCH3 is 3. The van der Waals surface area contributed by atoms with Crippen LogP contribution in [0.3, 0.4) is 0 Å². The molecule has 24 heavy (non-hydrogen) atoms. The topological polar surface area (TPSA) is 90.9 Å². The highest BCUT2D eigenvalue weighted by molar-refractivity contribution is 7.16. The van der Waals surface area contributed by atoms with Crippen LogP contribution in [0.2, 0.25) is 0 Å². The van der Waals surface area contributed by atoms with E-state index in [-0.39, 0.29) is 21.1 Å². The summed E-state index contributed by atoms with van der Waals surface area (Å²) in [5, 5.41) is 2.63. The first-order valence-corrected chi connectivity index (χ1v) is 7.58. The van der Waals surface area contributed by atoms with Crippen molar-refractivity contribution in [3.8, 4) is 5.75 Å². The normalized spacial score (nSPS) is 9.96. The Balaban J connectivity index is 2.30. The van der Waals surface area contributed by atoms with E-state index in [0.29, 0.717) is 5.69 Å². The first-order valence-electron chi connectivity index (χ1n) is 6.76. The molecule has 0 atom stereocenters. The van der Waals surface area contributed by atoms with Gasteiger partial charge >= 0.3 is 11.9 Å². The van der Waals surface area contributed by atoms with Gasteiger partial charge in [0.15, 0.2) is 4.88 Å². The summed E-state index contributed by atoms with van der Waals surface area (Å²) in [6.45, 7) is 0. The number of carbonyl (C=O) groups excluding carboxylic acids is 3. The fourth-order valence-corrected chi connectivity index (χ4v) is 2.88. The zero-order chi connectivity index (χ0) is 17.7. The van der Waals surface area contributed by atoms with Crippen LogP contribution < -0.4 is 10.1 Å². The van der Waals surface area contributed by atoms with E-state index in [4.69, 9.17) is 4.74 Å². The van der Waals surface area contributed by atoms with E-state index in [2.05, 4.69) is 14.8 Å². The number of anilines is 1. The fraction of sp³-hybridized carbons (Fsp3) is 0.188. The third-order valence-electron chi connectivity index (χ3n) is 3.09. The SMILES string of the molecule is COC(=O)c1ccccc1NC(=O)c1cc(OC)c(C(=O)OC)s1. The number of thiophene rings is 1. The van der Waals surface area contributed by atoms with Crippen LogP contribution in [0.5, 0.6) is 5.75 Å². The second kappa shape index (κ2) is 7.60. The molecule has 0 fully saturated rings. The lowest BCUT2D eigenvalue weighted by molar-refractivity contribution is 0.0593. The monoisotopic (exact) mass is 349 g/mol. The lowest BCUT2D eigenvalue weighted by Gasteiger charge is -2.08. The van der Waals surface area contributed by atoms with E-state index in [1.54, 1.807) is 18.2 Å². The summed E-state index contributed by atoms with van der Waals surface area (Å²) in [6.07, 6.45) is 0. The molecule has 0 radical (unpaired) electrons. The Bertz CT molecular complexity index is 783. The Hall–Kier alpha value is -2.87. The van der Waals surface area contributed by atoms with Gasteiger partial charge in [0.1, 0.15) is 5.75 Å². The van der Waals surface area contributed by atoms with E-state index in [0.717, 1.165) is 11.3 Å². The maximum absolute atomic E-state index is 12.4. The van der Waals surface area contributed by atoms with E-state index in [1.165, 1.54) is 33.5 Å². The molecule has 0 aliphatic rings. The Kier molecular flexibility index (Phi) is 5.54. The highest BCUT2D eigenvalue weighted by Gasteiger charge is 2.22. The summed E-state index contributed by atoms with van der Waals surface area (Å²) in [5.74, 6) is -1.39. The molecule has 8 heteroatoms. The summed E-state index contributed by atoms with van der Waals surface area (Å²) in [4.78, 5) is 36.3. The van der Waals surface area contributed by atoms with Crippen LogP contribution >= 0.6 is 11.3 Å².